The summed E-state index contributed by atoms with van der Waals surface area (Å²) in [5.74, 6) is -0.0756. The Bertz CT molecular complexity index is 170. The Morgan fingerprint density at radius 3 is 1.23 bits per heavy atom. The molecule has 1 amide bonds. The van der Waals surface area contributed by atoms with E-state index in [1.165, 1.54) is 0 Å². The van der Waals surface area contributed by atoms with E-state index in [2.05, 4.69) is 39.3 Å². The number of carbonyl (C=O) groups is 1. The predicted molar refractivity (Wildman–Crippen MR) is 66.8 cm³/mol. The zero-order chi connectivity index (χ0) is 10.2. The molecule has 0 spiro atoms. The Balaban J connectivity index is 0. The first-order valence-electron chi connectivity index (χ1n) is 4.36. The molecule has 0 atom stereocenters. The summed E-state index contributed by atoms with van der Waals surface area (Å²) >= 11 is 0. The van der Waals surface area contributed by atoms with E-state index in [0.717, 1.165) is 0 Å². The number of rotatable bonds is 3. The van der Waals surface area contributed by atoms with Crippen molar-refractivity contribution in [2.75, 3.05) is 0 Å². The van der Waals surface area contributed by atoms with Crippen molar-refractivity contribution in [3.05, 3.63) is 0 Å². The van der Waals surface area contributed by atoms with E-state index in [0.29, 0.717) is 0 Å². The van der Waals surface area contributed by atoms with Crippen LogP contribution in [0.2, 0.25) is 44.4 Å². The molecule has 0 saturated heterocycles. The third kappa shape index (κ3) is 5.06. The van der Waals surface area contributed by atoms with E-state index in [9.17, 15) is 4.79 Å². The van der Waals surface area contributed by atoms with Gasteiger partial charge < -0.3 is 5.73 Å². The molecule has 0 aromatic carbocycles. The molecule has 0 heterocycles. The molecule has 0 rings (SSSR count). The summed E-state index contributed by atoms with van der Waals surface area (Å²) in [6.45, 7) is 13.3. The summed E-state index contributed by atoms with van der Waals surface area (Å²) in [6.07, 6.45) is 0. The molecule has 0 aliphatic heterocycles. The van der Waals surface area contributed by atoms with Gasteiger partial charge in [-0.3, -0.25) is 4.79 Å². The normalized spacial score (nSPS) is 12.5. The molecule has 0 bridgehead atoms. The van der Waals surface area contributed by atoms with Gasteiger partial charge in [0.2, 0.25) is 5.91 Å². The number of nitrogens with two attached hydrogens (primary N) is 1. The summed E-state index contributed by atoms with van der Waals surface area (Å²) in [7, 11) is -2.80. The molecule has 0 saturated carbocycles. The molecule has 0 fully saturated rings. The third-order valence-electron chi connectivity index (χ3n) is 2.02. The Kier molecular flexibility index (Phi) is 5.93. The molecule has 0 aliphatic carbocycles. The van der Waals surface area contributed by atoms with Gasteiger partial charge in [-0.05, 0) is 0 Å². The fourth-order valence-electron chi connectivity index (χ4n) is 2.15. The van der Waals surface area contributed by atoms with Crippen molar-refractivity contribution in [1.29, 1.82) is 0 Å². The summed E-state index contributed by atoms with van der Waals surface area (Å²) < 4.78 is 0. The van der Waals surface area contributed by atoms with Crippen LogP contribution in [0.3, 0.4) is 0 Å². The fraction of sp³-hybridized carbons (Fsp3) is 0.875. The average molecular weight is 211 g/mol. The van der Waals surface area contributed by atoms with E-state index in [4.69, 9.17) is 5.73 Å². The molecule has 0 aromatic heterocycles. The van der Waals surface area contributed by atoms with Crippen LogP contribution in [0, 0.1) is 0 Å². The Hall–Kier alpha value is 0.501. The number of primary amides is 1. The second kappa shape index (κ2) is 4.83. The van der Waals surface area contributed by atoms with Crippen molar-refractivity contribution in [2.45, 2.75) is 44.4 Å². The molecule has 0 radical (unpaired) electrons. The van der Waals surface area contributed by atoms with Crippen LogP contribution in [0.15, 0.2) is 0 Å². The Morgan fingerprint density at radius 2 is 1.23 bits per heavy atom. The van der Waals surface area contributed by atoms with Crippen molar-refractivity contribution in [1.82, 2.24) is 0 Å². The predicted octanol–water partition coefficient (Wildman–Crippen LogP) is 1.41. The molecular weight excluding hydrogens is 189 g/mol. The van der Waals surface area contributed by atoms with Gasteiger partial charge in [-0.25, -0.2) is 0 Å². The maximum atomic E-state index is 11.3. The second-order valence-electron chi connectivity index (χ2n) is 5.57. The molecule has 2 nitrogen and oxygen atoms in total. The van der Waals surface area contributed by atoms with Gasteiger partial charge in [0.1, 0.15) is 0 Å². The first kappa shape index (κ1) is 16.0. The molecular formula is C8H22LiNOSi2. The summed E-state index contributed by atoms with van der Waals surface area (Å²) in [5, 5.41) is 0.199. The van der Waals surface area contributed by atoms with Gasteiger partial charge in [0.05, 0.1) is 16.1 Å². The fourth-order valence-corrected chi connectivity index (χ4v) is 14.3. The van der Waals surface area contributed by atoms with Crippen molar-refractivity contribution in [3.63, 3.8) is 0 Å². The van der Waals surface area contributed by atoms with Crippen molar-refractivity contribution < 1.29 is 4.79 Å². The molecule has 74 valence electrons. The first-order chi connectivity index (χ1) is 5.07. The van der Waals surface area contributed by atoms with Crippen LogP contribution in [0.4, 0.5) is 0 Å². The van der Waals surface area contributed by atoms with E-state index < -0.39 is 16.1 Å². The standard InChI is InChI=1S/C8H21NOSi2.Li.H/c1-11(2,3)8(7(9)10)12(4,5)6;;/h8H,1-6H3,(H2,9,10);;. The minimum atomic E-state index is -1.40. The number of carbonyl (C=O) groups excluding carboxylic acids is 1. The van der Waals surface area contributed by atoms with Crippen LogP contribution < -0.4 is 5.73 Å². The van der Waals surface area contributed by atoms with Gasteiger partial charge in [0, 0.05) is 5.16 Å². The number of hydrogen-bond acceptors (Lipinski definition) is 1. The molecule has 2 N–H and O–H groups in total. The van der Waals surface area contributed by atoms with Crippen LogP contribution in [0.1, 0.15) is 0 Å². The first-order valence-corrected chi connectivity index (χ1v) is 11.5. The van der Waals surface area contributed by atoms with E-state index in [-0.39, 0.29) is 29.9 Å². The van der Waals surface area contributed by atoms with Crippen LogP contribution in [-0.2, 0) is 4.79 Å². The second-order valence-corrected chi connectivity index (χ2v) is 16.8. The van der Waals surface area contributed by atoms with Crippen LogP contribution in [-0.4, -0.2) is 40.9 Å². The molecule has 0 aliphatic rings. The van der Waals surface area contributed by atoms with Gasteiger partial charge in [-0.15, -0.1) is 0 Å². The summed E-state index contributed by atoms with van der Waals surface area (Å²) in [6, 6.07) is 0. The third-order valence-corrected chi connectivity index (χ3v) is 11.2. The minimum absolute atomic E-state index is 0. The Morgan fingerprint density at radius 1 is 1.00 bits per heavy atom. The monoisotopic (exact) mass is 211 g/mol. The topological polar surface area (TPSA) is 43.1 Å². The van der Waals surface area contributed by atoms with Crippen molar-refractivity contribution >= 4 is 40.9 Å². The summed E-state index contributed by atoms with van der Waals surface area (Å²) in [5.41, 5.74) is 5.44. The molecule has 0 unspecified atom stereocenters. The van der Waals surface area contributed by atoms with Gasteiger partial charge in [0.15, 0.2) is 0 Å². The number of hydrogen-bond donors (Lipinski definition) is 1. The van der Waals surface area contributed by atoms with Crippen LogP contribution in [0.5, 0.6) is 0 Å². The van der Waals surface area contributed by atoms with Crippen LogP contribution in [0.25, 0.3) is 0 Å². The van der Waals surface area contributed by atoms with Gasteiger partial charge in [-0.2, -0.15) is 0 Å². The molecule has 13 heavy (non-hydrogen) atoms. The SMILES string of the molecule is C[Si](C)(C)C(C(N)=O)[Si](C)(C)C.[LiH]. The van der Waals surface area contributed by atoms with Crippen LogP contribution >= 0.6 is 0 Å². The summed E-state index contributed by atoms with van der Waals surface area (Å²) in [4.78, 5) is 11.3. The number of amides is 1. The molecule has 5 heteroatoms. The quantitative estimate of drug-likeness (QED) is 0.705. The average Bonchev–Trinajstić information content (AvgIpc) is 1.49. The van der Waals surface area contributed by atoms with Gasteiger partial charge in [-0.1, -0.05) is 39.3 Å². The van der Waals surface area contributed by atoms with Gasteiger partial charge in [0.25, 0.3) is 0 Å². The van der Waals surface area contributed by atoms with E-state index >= 15 is 0 Å². The van der Waals surface area contributed by atoms with E-state index in [1.54, 1.807) is 0 Å². The van der Waals surface area contributed by atoms with Crippen molar-refractivity contribution in [3.8, 4) is 0 Å². The van der Waals surface area contributed by atoms with Gasteiger partial charge >= 0.3 is 18.9 Å². The van der Waals surface area contributed by atoms with E-state index in [1.807, 2.05) is 0 Å². The maximum absolute atomic E-state index is 11.3. The zero-order valence-corrected chi connectivity index (χ0v) is 11.1. The molecule has 0 aromatic rings. The Labute approximate surface area is 95.9 Å². The zero-order valence-electron chi connectivity index (χ0n) is 9.06. The van der Waals surface area contributed by atoms with Crippen molar-refractivity contribution in [2.24, 2.45) is 5.73 Å².